The number of nitrogens with one attached hydrogen (secondary N) is 1. The van der Waals surface area contributed by atoms with Crippen molar-refractivity contribution >= 4 is 0 Å². The minimum atomic E-state index is -0.151. The Morgan fingerprint density at radius 3 is 2.85 bits per heavy atom. The number of halogens is 1. The summed E-state index contributed by atoms with van der Waals surface area (Å²) in [5.74, 6) is -0.151. The molecule has 0 saturated heterocycles. The minimum absolute atomic E-state index is 0.151. The van der Waals surface area contributed by atoms with Gasteiger partial charge in [0.2, 0.25) is 0 Å². The second-order valence-corrected chi connectivity index (χ2v) is 3.72. The van der Waals surface area contributed by atoms with Crippen LogP contribution in [0.5, 0.6) is 0 Å². The quantitative estimate of drug-likeness (QED) is 0.752. The largest absolute Gasteiger partial charge is 0.307 e. The van der Waals surface area contributed by atoms with E-state index in [4.69, 9.17) is 0 Å². The van der Waals surface area contributed by atoms with Crippen molar-refractivity contribution in [2.45, 2.75) is 31.8 Å². The van der Waals surface area contributed by atoms with E-state index in [-0.39, 0.29) is 11.9 Å². The van der Waals surface area contributed by atoms with Crippen LogP contribution in [-0.4, -0.2) is 6.04 Å². The Kier molecular flexibility index (Phi) is 2.32. The molecular formula is C11H14FN. The predicted molar refractivity (Wildman–Crippen MR) is 51.0 cm³/mol. The fourth-order valence-corrected chi connectivity index (χ4v) is 1.48. The number of hydrogen-bond acceptors (Lipinski definition) is 1. The average molecular weight is 179 g/mol. The first kappa shape index (κ1) is 8.70. The normalized spacial score (nSPS) is 18.6. The van der Waals surface area contributed by atoms with Gasteiger partial charge in [-0.2, -0.15) is 0 Å². The lowest BCUT2D eigenvalue weighted by Crippen LogP contribution is -2.20. The topological polar surface area (TPSA) is 12.0 Å². The van der Waals surface area contributed by atoms with E-state index in [9.17, 15) is 4.39 Å². The van der Waals surface area contributed by atoms with E-state index in [0.717, 1.165) is 5.56 Å². The summed E-state index contributed by atoms with van der Waals surface area (Å²) in [6, 6.07) is 7.73. The molecule has 1 aromatic rings. The second kappa shape index (κ2) is 3.46. The molecule has 2 heteroatoms. The molecule has 2 rings (SSSR count). The Morgan fingerprint density at radius 1 is 1.46 bits per heavy atom. The Balaban J connectivity index is 2.04. The summed E-state index contributed by atoms with van der Waals surface area (Å²) < 4.78 is 12.9. The smallest absolute Gasteiger partial charge is 0.123 e. The molecule has 70 valence electrons. The van der Waals surface area contributed by atoms with Crippen molar-refractivity contribution in [1.29, 1.82) is 0 Å². The van der Waals surface area contributed by atoms with Gasteiger partial charge in [-0.15, -0.1) is 0 Å². The zero-order chi connectivity index (χ0) is 9.26. The Bertz CT molecular complexity index is 294. The van der Waals surface area contributed by atoms with Gasteiger partial charge in [0.25, 0.3) is 0 Å². The molecule has 0 amide bonds. The highest BCUT2D eigenvalue weighted by Gasteiger charge is 2.23. The van der Waals surface area contributed by atoms with Crippen molar-refractivity contribution in [2.75, 3.05) is 0 Å². The molecule has 1 aromatic carbocycles. The zero-order valence-corrected chi connectivity index (χ0v) is 7.76. The summed E-state index contributed by atoms with van der Waals surface area (Å²) in [6.07, 6.45) is 2.53. The van der Waals surface area contributed by atoms with Crippen LogP contribution in [0.2, 0.25) is 0 Å². The molecule has 1 saturated carbocycles. The van der Waals surface area contributed by atoms with Gasteiger partial charge in [-0.05, 0) is 37.5 Å². The molecule has 0 heterocycles. The van der Waals surface area contributed by atoms with Gasteiger partial charge in [0.1, 0.15) is 5.82 Å². The van der Waals surface area contributed by atoms with Crippen LogP contribution in [0.4, 0.5) is 4.39 Å². The summed E-state index contributed by atoms with van der Waals surface area (Å²) in [5, 5.41) is 3.43. The molecule has 0 spiro atoms. The number of hydrogen-bond donors (Lipinski definition) is 1. The molecule has 0 aromatic heterocycles. The second-order valence-electron chi connectivity index (χ2n) is 3.72. The molecule has 1 fully saturated rings. The van der Waals surface area contributed by atoms with Crippen molar-refractivity contribution in [2.24, 2.45) is 0 Å². The van der Waals surface area contributed by atoms with Gasteiger partial charge in [-0.25, -0.2) is 4.39 Å². The van der Waals surface area contributed by atoms with Crippen LogP contribution in [0.15, 0.2) is 24.3 Å². The summed E-state index contributed by atoms with van der Waals surface area (Å²) in [7, 11) is 0. The van der Waals surface area contributed by atoms with Crippen molar-refractivity contribution < 1.29 is 4.39 Å². The fourth-order valence-electron chi connectivity index (χ4n) is 1.48. The maximum Gasteiger partial charge on any atom is 0.123 e. The van der Waals surface area contributed by atoms with Crippen molar-refractivity contribution in [3.63, 3.8) is 0 Å². The number of benzene rings is 1. The van der Waals surface area contributed by atoms with Gasteiger partial charge in [-0.3, -0.25) is 0 Å². The average Bonchev–Trinajstić information content (AvgIpc) is 2.88. The summed E-state index contributed by atoms with van der Waals surface area (Å²) >= 11 is 0. The monoisotopic (exact) mass is 179 g/mol. The Labute approximate surface area is 78.0 Å². The molecule has 1 nitrogen and oxygen atoms in total. The molecule has 13 heavy (non-hydrogen) atoms. The van der Waals surface area contributed by atoms with Crippen LogP contribution in [0.1, 0.15) is 31.4 Å². The maximum absolute atomic E-state index is 12.9. The van der Waals surface area contributed by atoms with Gasteiger partial charge in [-0.1, -0.05) is 12.1 Å². The third kappa shape index (κ3) is 2.28. The highest BCUT2D eigenvalue weighted by molar-refractivity contribution is 5.19. The van der Waals surface area contributed by atoms with Gasteiger partial charge < -0.3 is 5.32 Å². The van der Waals surface area contributed by atoms with E-state index in [1.54, 1.807) is 12.1 Å². The number of rotatable bonds is 3. The lowest BCUT2D eigenvalue weighted by Gasteiger charge is -2.13. The lowest BCUT2D eigenvalue weighted by molar-refractivity contribution is 0.562. The molecule has 0 aliphatic heterocycles. The van der Waals surface area contributed by atoms with E-state index >= 15 is 0 Å². The van der Waals surface area contributed by atoms with Crippen LogP contribution in [-0.2, 0) is 0 Å². The van der Waals surface area contributed by atoms with Crippen molar-refractivity contribution in [1.82, 2.24) is 5.32 Å². The van der Waals surface area contributed by atoms with Crippen LogP contribution >= 0.6 is 0 Å². The first-order valence-corrected chi connectivity index (χ1v) is 4.77. The first-order chi connectivity index (χ1) is 6.25. The highest BCUT2D eigenvalue weighted by atomic mass is 19.1. The Hall–Kier alpha value is -0.890. The van der Waals surface area contributed by atoms with E-state index < -0.39 is 0 Å². The van der Waals surface area contributed by atoms with Crippen molar-refractivity contribution in [3.8, 4) is 0 Å². The zero-order valence-electron chi connectivity index (χ0n) is 7.76. The third-order valence-corrected chi connectivity index (χ3v) is 2.41. The summed E-state index contributed by atoms with van der Waals surface area (Å²) in [6.45, 7) is 2.08. The van der Waals surface area contributed by atoms with E-state index in [1.165, 1.54) is 18.9 Å². The standard InChI is InChI=1S/C11H14FN/c1-8(13-11-5-6-11)9-3-2-4-10(12)7-9/h2-4,7-8,11,13H,5-6H2,1H3/t8-/m1/s1. The molecule has 0 bridgehead atoms. The van der Waals surface area contributed by atoms with Crippen LogP contribution < -0.4 is 5.32 Å². The first-order valence-electron chi connectivity index (χ1n) is 4.77. The van der Waals surface area contributed by atoms with Gasteiger partial charge >= 0.3 is 0 Å². The van der Waals surface area contributed by atoms with Crippen molar-refractivity contribution in [3.05, 3.63) is 35.6 Å². The van der Waals surface area contributed by atoms with Crippen LogP contribution in [0.25, 0.3) is 0 Å². The van der Waals surface area contributed by atoms with Gasteiger partial charge in [0, 0.05) is 12.1 Å². The molecule has 0 unspecified atom stereocenters. The molecule has 1 aliphatic carbocycles. The SMILES string of the molecule is C[C@@H](NC1CC1)c1cccc(F)c1. The van der Waals surface area contributed by atoms with E-state index in [1.807, 2.05) is 6.07 Å². The maximum atomic E-state index is 12.9. The summed E-state index contributed by atoms with van der Waals surface area (Å²) in [5.41, 5.74) is 1.03. The predicted octanol–water partition coefficient (Wildman–Crippen LogP) is 2.64. The van der Waals surface area contributed by atoms with E-state index in [2.05, 4.69) is 12.2 Å². The lowest BCUT2D eigenvalue weighted by atomic mass is 10.1. The van der Waals surface area contributed by atoms with E-state index in [0.29, 0.717) is 6.04 Å². The van der Waals surface area contributed by atoms with Crippen LogP contribution in [0, 0.1) is 5.82 Å². The molecule has 0 radical (unpaired) electrons. The minimum Gasteiger partial charge on any atom is -0.307 e. The highest BCUT2D eigenvalue weighted by Crippen LogP contribution is 2.23. The Morgan fingerprint density at radius 2 is 2.23 bits per heavy atom. The fraction of sp³-hybridized carbons (Fsp3) is 0.455. The molecule has 1 atom stereocenters. The van der Waals surface area contributed by atoms with Crippen LogP contribution in [0.3, 0.4) is 0 Å². The van der Waals surface area contributed by atoms with Gasteiger partial charge in [0.05, 0.1) is 0 Å². The van der Waals surface area contributed by atoms with Gasteiger partial charge in [0.15, 0.2) is 0 Å². The summed E-state index contributed by atoms with van der Waals surface area (Å²) in [4.78, 5) is 0. The molecular weight excluding hydrogens is 165 g/mol. The molecule has 1 aliphatic rings. The third-order valence-electron chi connectivity index (χ3n) is 2.41. The molecule has 1 N–H and O–H groups in total.